The van der Waals surface area contributed by atoms with Crippen LogP contribution in [0.1, 0.15) is 5.56 Å². The Morgan fingerprint density at radius 2 is 1.88 bits per heavy atom. The molecule has 1 aromatic heterocycles. The summed E-state index contributed by atoms with van der Waals surface area (Å²) in [5, 5.41) is 11.4. The molecular weight excluding hydrogens is 214 g/mol. The molecule has 0 spiro atoms. The van der Waals surface area contributed by atoms with Crippen LogP contribution in [0.4, 0.5) is 5.69 Å². The number of rotatable bonds is 3. The fourth-order valence-electron chi connectivity index (χ4n) is 1.47. The lowest BCUT2D eigenvalue weighted by Crippen LogP contribution is -2.17. The third kappa shape index (κ3) is 2.95. The average molecular weight is 225 g/mol. The van der Waals surface area contributed by atoms with E-state index in [-0.39, 0.29) is 12.5 Å². The first-order chi connectivity index (χ1) is 8.28. The fraction of sp³-hybridized carbons (Fsp3) is 0.0769. The molecule has 0 saturated heterocycles. The highest BCUT2D eigenvalue weighted by atomic mass is 16.1. The molecule has 4 nitrogen and oxygen atoms in total. The standard InChI is InChI=1S/C13H11N3O/c14-9-11-3-5-12(6-4-11)15-13(17)10-16-7-1-2-8-16/h1-8H,10H2,(H,15,17). The van der Waals surface area contributed by atoms with Crippen LogP contribution in [0.15, 0.2) is 48.8 Å². The first-order valence-corrected chi connectivity index (χ1v) is 5.19. The zero-order chi connectivity index (χ0) is 12.1. The van der Waals surface area contributed by atoms with Crippen molar-refractivity contribution in [2.24, 2.45) is 0 Å². The van der Waals surface area contributed by atoms with Crippen molar-refractivity contribution >= 4 is 11.6 Å². The molecule has 17 heavy (non-hydrogen) atoms. The van der Waals surface area contributed by atoms with Gasteiger partial charge in [0.15, 0.2) is 0 Å². The minimum absolute atomic E-state index is 0.0918. The third-order valence-corrected chi connectivity index (χ3v) is 2.29. The van der Waals surface area contributed by atoms with Gasteiger partial charge in [-0.1, -0.05) is 0 Å². The van der Waals surface area contributed by atoms with E-state index >= 15 is 0 Å². The molecule has 1 amide bonds. The summed E-state index contributed by atoms with van der Waals surface area (Å²) < 4.78 is 1.79. The Kier molecular flexibility index (Phi) is 3.22. The zero-order valence-corrected chi connectivity index (χ0v) is 9.13. The molecule has 0 atom stereocenters. The number of nitriles is 1. The highest BCUT2D eigenvalue weighted by molar-refractivity contribution is 5.90. The molecule has 0 aliphatic rings. The van der Waals surface area contributed by atoms with Gasteiger partial charge in [-0.15, -0.1) is 0 Å². The average Bonchev–Trinajstić information content (AvgIpc) is 2.82. The summed E-state index contributed by atoms with van der Waals surface area (Å²) in [7, 11) is 0. The summed E-state index contributed by atoms with van der Waals surface area (Å²) in [6.07, 6.45) is 3.66. The fourth-order valence-corrected chi connectivity index (χ4v) is 1.47. The number of hydrogen-bond acceptors (Lipinski definition) is 2. The summed E-state index contributed by atoms with van der Waals surface area (Å²) in [5.41, 5.74) is 1.27. The lowest BCUT2D eigenvalue weighted by molar-refractivity contribution is -0.116. The largest absolute Gasteiger partial charge is 0.345 e. The second kappa shape index (κ2) is 4.99. The topological polar surface area (TPSA) is 57.8 Å². The number of amides is 1. The van der Waals surface area contributed by atoms with Crippen LogP contribution < -0.4 is 5.32 Å². The number of hydrogen-bond donors (Lipinski definition) is 1. The molecule has 0 aliphatic carbocycles. The monoisotopic (exact) mass is 225 g/mol. The van der Waals surface area contributed by atoms with Crippen molar-refractivity contribution in [3.8, 4) is 6.07 Å². The summed E-state index contributed by atoms with van der Waals surface area (Å²) in [6, 6.07) is 12.5. The van der Waals surface area contributed by atoms with Gasteiger partial charge in [0.05, 0.1) is 11.6 Å². The van der Waals surface area contributed by atoms with E-state index in [1.807, 2.05) is 30.6 Å². The summed E-state index contributed by atoms with van der Waals surface area (Å²) in [5.74, 6) is -0.0918. The van der Waals surface area contributed by atoms with Crippen LogP contribution in [0, 0.1) is 11.3 Å². The minimum Gasteiger partial charge on any atom is -0.345 e. The van der Waals surface area contributed by atoms with Gasteiger partial charge in [-0.25, -0.2) is 0 Å². The zero-order valence-electron chi connectivity index (χ0n) is 9.13. The molecule has 1 heterocycles. The normalized spacial score (nSPS) is 9.59. The summed E-state index contributed by atoms with van der Waals surface area (Å²) in [6.45, 7) is 0.285. The number of aromatic nitrogens is 1. The molecule has 1 aromatic carbocycles. The highest BCUT2D eigenvalue weighted by Crippen LogP contribution is 2.08. The Morgan fingerprint density at radius 1 is 1.24 bits per heavy atom. The minimum atomic E-state index is -0.0918. The van der Waals surface area contributed by atoms with Gasteiger partial charge >= 0.3 is 0 Å². The van der Waals surface area contributed by atoms with Crippen LogP contribution in [-0.2, 0) is 11.3 Å². The maximum absolute atomic E-state index is 11.6. The predicted octanol–water partition coefficient (Wildman–Crippen LogP) is 2.00. The molecule has 2 aromatic rings. The third-order valence-electron chi connectivity index (χ3n) is 2.29. The van der Waals surface area contributed by atoms with Gasteiger partial charge in [0.1, 0.15) is 6.54 Å². The molecular formula is C13H11N3O. The van der Waals surface area contributed by atoms with E-state index in [1.165, 1.54) is 0 Å². The second-order valence-corrected chi connectivity index (χ2v) is 3.59. The quantitative estimate of drug-likeness (QED) is 0.868. The van der Waals surface area contributed by atoms with Crippen molar-refractivity contribution < 1.29 is 4.79 Å². The van der Waals surface area contributed by atoms with Crippen molar-refractivity contribution in [1.29, 1.82) is 5.26 Å². The first kappa shape index (κ1) is 11.0. The second-order valence-electron chi connectivity index (χ2n) is 3.59. The molecule has 0 fully saturated rings. The molecule has 84 valence electrons. The molecule has 0 radical (unpaired) electrons. The van der Waals surface area contributed by atoms with Crippen molar-refractivity contribution in [1.82, 2.24) is 4.57 Å². The Balaban J connectivity index is 1.96. The molecule has 2 rings (SSSR count). The van der Waals surface area contributed by atoms with E-state index in [9.17, 15) is 4.79 Å². The summed E-state index contributed by atoms with van der Waals surface area (Å²) in [4.78, 5) is 11.6. The first-order valence-electron chi connectivity index (χ1n) is 5.19. The van der Waals surface area contributed by atoms with E-state index in [2.05, 4.69) is 5.32 Å². The van der Waals surface area contributed by atoms with E-state index < -0.39 is 0 Å². The van der Waals surface area contributed by atoms with E-state index in [4.69, 9.17) is 5.26 Å². The Morgan fingerprint density at radius 3 is 2.47 bits per heavy atom. The van der Waals surface area contributed by atoms with Crippen LogP contribution in [0.2, 0.25) is 0 Å². The number of nitrogens with one attached hydrogen (secondary N) is 1. The molecule has 0 aliphatic heterocycles. The highest BCUT2D eigenvalue weighted by Gasteiger charge is 2.02. The van der Waals surface area contributed by atoms with Gasteiger partial charge in [0.2, 0.25) is 5.91 Å². The van der Waals surface area contributed by atoms with E-state index in [0.717, 1.165) is 0 Å². The van der Waals surface area contributed by atoms with Crippen molar-refractivity contribution in [2.75, 3.05) is 5.32 Å². The number of benzene rings is 1. The maximum atomic E-state index is 11.6. The number of nitrogens with zero attached hydrogens (tertiary/aromatic N) is 2. The van der Waals surface area contributed by atoms with Crippen LogP contribution in [-0.4, -0.2) is 10.5 Å². The van der Waals surface area contributed by atoms with Crippen LogP contribution in [0.25, 0.3) is 0 Å². The van der Waals surface area contributed by atoms with Gasteiger partial charge in [-0.2, -0.15) is 5.26 Å². The Bertz CT molecular complexity index is 535. The molecule has 0 saturated carbocycles. The van der Waals surface area contributed by atoms with Gasteiger partial charge in [-0.3, -0.25) is 4.79 Å². The van der Waals surface area contributed by atoms with Crippen LogP contribution in [0.5, 0.6) is 0 Å². The maximum Gasteiger partial charge on any atom is 0.244 e. The van der Waals surface area contributed by atoms with Crippen molar-refractivity contribution in [3.05, 3.63) is 54.4 Å². The lowest BCUT2D eigenvalue weighted by Gasteiger charge is -2.05. The van der Waals surface area contributed by atoms with Crippen LogP contribution in [0.3, 0.4) is 0 Å². The summed E-state index contributed by atoms with van der Waals surface area (Å²) >= 11 is 0. The van der Waals surface area contributed by atoms with Crippen LogP contribution >= 0.6 is 0 Å². The molecule has 4 heteroatoms. The van der Waals surface area contributed by atoms with Gasteiger partial charge in [0, 0.05) is 18.1 Å². The molecule has 0 unspecified atom stereocenters. The molecule has 0 bridgehead atoms. The lowest BCUT2D eigenvalue weighted by atomic mass is 10.2. The van der Waals surface area contributed by atoms with E-state index in [0.29, 0.717) is 11.3 Å². The van der Waals surface area contributed by atoms with Gasteiger partial charge in [-0.05, 0) is 36.4 Å². The van der Waals surface area contributed by atoms with E-state index in [1.54, 1.807) is 28.8 Å². The Hall–Kier alpha value is -2.54. The van der Waals surface area contributed by atoms with Crippen molar-refractivity contribution in [3.63, 3.8) is 0 Å². The van der Waals surface area contributed by atoms with Gasteiger partial charge < -0.3 is 9.88 Å². The predicted molar refractivity (Wildman–Crippen MR) is 64.2 cm³/mol. The Labute approximate surface area is 99.1 Å². The number of carbonyl (C=O) groups is 1. The number of carbonyl (C=O) groups excluding carboxylic acids is 1. The van der Waals surface area contributed by atoms with Crippen molar-refractivity contribution in [2.45, 2.75) is 6.54 Å². The SMILES string of the molecule is N#Cc1ccc(NC(=O)Cn2cccc2)cc1. The molecule has 1 N–H and O–H groups in total. The smallest absolute Gasteiger partial charge is 0.244 e. The van der Waals surface area contributed by atoms with Gasteiger partial charge in [0.25, 0.3) is 0 Å². The number of anilines is 1.